The van der Waals surface area contributed by atoms with Crippen molar-refractivity contribution in [3.63, 3.8) is 0 Å². The molecule has 10 heteroatoms. The van der Waals surface area contributed by atoms with Gasteiger partial charge in [0.2, 0.25) is 5.69 Å². The zero-order chi connectivity index (χ0) is 26.4. The molecule has 0 saturated heterocycles. The Balaban J connectivity index is 1.12. The van der Waals surface area contributed by atoms with Gasteiger partial charge in [-0.1, -0.05) is 0 Å². The van der Waals surface area contributed by atoms with Gasteiger partial charge in [0.15, 0.2) is 5.71 Å². The predicted octanol–water partition coefficient (Wildman–Crippen LogP) is 4.61. The minimum Gasteiger partial charge on any atom is -0.618 e. The number of rotatable bonds is 5. The first-order valence-electron chi connectivity index (χ1n) is 11.3. The Morgan fingerprint density at radius 2 is 1.16 bits per heavy atom. The number of carbonyl (C=O) groups excluding carboxylic acids is 4. The standard InChI is InChI=1S/C28H15NO9/c30-25-21-11-9-19(13-23(21)27(32)37-25)35-17-5-1-15(2-6-17)29(34)16-3-7-18(8-4-16)36-20-10-12-22-24(14-20)28(33)38-26(22)31/h1-3,5-14H,4H2/b29-16-. The molecule has 1 aliphatic carbocycles. The quantitative estimate of drug-likeness (QED) is 0.159. The van der Waals surface area contributed by atoms with Crippen LogP contribution in [0.5, 0.6) is 17.2 Å². The summed E-state index contributed by atoms with van der Waals surface area (Å²) < 4.78 is 21.4. The van der Waals surface area contributed by atoms with Crippen LogP contribution in [0.3, 0.4) is 0 Å². The van der Waals surface area contributed by atoms with Crippen molar-refractivity contribution >= 4 is 35.3 Å². The van der Waals surface area contributed by atoms with Gasteiger partial charge in [0, 0.05) is 18.2 Å². The summed E-state index contributed by atoms with van der Waals surface area (Å²) >= 11 is 0. The number of nitrogens with zero attached hydrogens (tertiary/aromatic N) is 1. The van der Waals surface area contributed by atoms with E-state index >= 15 is 0 Å². The van der Waals surface area contributed by atoms with Gasteiger partial charge in [0.1, 0.15) is 23.0 Å². The molecular weight excluding hydrogens is 494 g/mol. The van der Waals surface area contributed by atoms with Crippen LogP contribution in [0.15, 0.2) is 84.7 Å². The first-order valence-corrected chi connectivity index (χ1v) is 11.3. The molecule has 0 atom stereocenters. The summed E-state index contributed by atoms with van der Waals surface area (Å²) in [6.07, 6.45) is 5.27. The third kappa shape index (κ3) is 4.09. The second-order valence-corrected chi connectivity index (χ2v) is 8.40. The maximum atomic E-state index is 12.9. The second kappa shape index (κ2) is 8.86. The molecule has 6 rings (SSSR count). The molecule has 3 aromatic rings. The van der Waals surface area contributed by atoms with Crippen LogP contribution < -0.4 is 9.47 Å². The van der Waals surface area contributed by atoms with Crippen LogP contribution in [0.2, 0.25) is 0 Å². The van der Waals surface area contributed by atoms with Crippen LogP contribution in [0.1, 0.15) is 47.9 Å². The highest BCUT2D eigenvalue weighted by Crippen LogP contribution is 2.30. The van der Waals surface area contributed by atoms with Gasteiger partial charge in [0.25, 0.3) is 0 Å². The Hall–Kier alpha value is -5.51. The molecule has 3 aromatic carbocycles. The number of hydrogen-bond acceptors (Lipinski definition) is 9. The summed E-state index contributed by atoms with van der Waals surface area (Å²) in [4.78, 5) is 46.6. The Bertz CT molecular complexity index is 1660. The molecule has 0 radical (unpaired) electrons. The molecule has 2 aliphatic heterocycles. The largest absolute Gasteiger partial charge is 0.618 e. The van der Waals surface area contributed by atoms with E-state index in [1.54, 1.807) is 54.6 Å². The van der Waals surface area contributed by atoms with Gasteiger partial charge >= 0.3 is 23.9 Å². The number of ether oxygens (including phenoxy) is 4. The molecule has 0 amide bonds. The van der Waals surface area contributed by atoms with Gasteiger partial charge in [-0.05, 0) is 60.7 Å². The van der Waals surface area contributed by atoms with Crippen LogP contribution in [0.25, 0.3) is 0 Å². The number of hydrogen-bond donors (Lipinski definition) is 0. The van der Waals surface area contributed by atoms with Crippen molar-refractivity contribution in [3.8, 4) is 17.2 Å². The van der Waals surface area contributed by atoms with Crippen LogP contribution in [-0.4, -0.2) is 34.3 Å². The van der Waals surface area contributed by atoms with E-state index in [-0.39, 0.29) is 22.3 Å². The normalized spacial score (nSPS) is 16.9. The van der Waals surface area contributed by atoms with Crippen molar-refractivity contribution in [1.82, 2.24) is 0 Å². The maximum Gasteiger partial charge on any atom is 0.347 e. The van der Waals surface area contributed by atoms with Crippen molar-refractivity contribution in [3.05, 3.63) is 112 Å². The highest BCUT2D eigenvalue weighted by Gasteiger charge is 2.31. The van der Waals surface area contributed by atoms with E-state index in [4.69, 9.17) is 9.47 Å². The minimum atomic E-state index is -0.721. The van der Waals surface area contributed by atoms with Crippen LogP contribution in [0, 0.1) is 5.21 Å². The highest BCUT2D eigenvalue weighted by atomic mass is 16.6. The van der Waals surface area contributed by atoms with Crippen molar-refractivity contribution in [2.75, 3.05) is 0 Å². The van der Waals surface area contributed by atoms with E-state index < -0.39 is 23.9 Å². The molecule has 0 fully saturated rings. The third-order valence-electron chi connectivity index (χ3n) is 5.99. The van der Waals surface area contributed by atoms with Crippen LogP contribution in [0.4, 0.5) is 5.69 Å². The molecule has 10 nitrogen and oxygen atoms in total. The van der Waals surface area contributed by atoms with Gasteiger partial charge < -0.3 is 24.2 Å². The number of carbonyl (C=O) groups is 4. The third-order valence-corrected chi connectivity index (χ3v) is 5.99. The number of benzene rings is 3. The zero-order valence-corrected chi connectivity index (χ0v) is 19.3. The highest BCUT2D eigenvalue weighted by molar-refractivity contribution is 6.15. The summed E-state index contributed by atoms with van der Waals surface area (Å²) in [5.74, 6) is -1.20. The lowest BCUT2D eigenvalue weighted by molar-refractivity contribution is -0.361. The van der Waals surface area contributed by atoms with E-state index in [9.17, 15) is 24.4 Å². The van der Waals surface area contributed by atoms with Crippen molar-refractivity contribution < 1.29 is 42.9 Å². The molecule has 0 saturated carbocycles. The Morgan fingerprint density at radius 1 is 0.632 bits per heavy atom. The van der Waals surface area contributed by atoms with E-state index in [2.05, 4.69) is 9.47 Å². The molecule has 3 aliphatic rings. The summed E-state index contributed by atoms with van der Waals surface area (Å²) in [6, 6.07) is 15.3. The SMILES string of the molecule is O=C1OC(=O)c2cc(OC3=CC/C(=[N+](\[O-])c4ccc(Oc5ccc6c(c5)C(=O)OC6=O)cc4)C=C3)ccc21. The smallest absolute Gasteiger partial charge is 0.347 e. The Morgan fingerprint density at radius 3 is 1.71 bits per heavy atom. The molecule has 38 heavy (non-hydrogen) atoms. The first kappa shape index (κ1) is 22.9. The molecule has 0 spiro atoms. The van der Waals surface area contributed by atoms with E-state index in [1.807, 2.05) is 0 Å². The number of allylic oxidation sites excluding steroid dienone is 3. The molecule has 0 aromatic heterocycles. The lowest BCUT2D eigenvalue weighted by Crippen LogP contribution is -2.12. The fourth-order valence-corrected chi connectivity index (χ4v) is 4.09. The van der Waals surface area contributed by atoms with E-state index in [1.165, 1.54) is 24.3 Å². The summed E-state index contributed by atoms with van der Waals surface area (Å²) in [5, 5.41) is 12.9. The van der Waals surface area contributed by atoms with E-state index in [0.717, 1.165) is 4.74 Å². The average Bonchev–Trinajstić information content (AvgIpc) is 3.37. The van der Waals surface area contributed by atoms with Crippen LogP contribution in [-0.2, 0) is 9.47 Å². The molecule has 0 bridgehead atoms. The monoisotopic (exact) mass is 509 g/mol. The molecule has 0 N–H and O–H groups in total. The van der Waals surface area contributed by atoms with Gasteiger partial charge in [-0.3, -0.25) is 0 Å². The summed E-state index contributed by atoms with van der Waals surface area (Å²) in [7, 11) is 0. The van der Waals surface area contributed by atoms with Gasteiger partial charge in [-0.15, -0.1) is 0 Å². The summed E-state index contributed by atoms with van der Waals surface area (Å²) in [5.41, 5.74) is 1.51. The Labute approximate surface area is 214 Å². The predicted molar refractivity (Wildman–Crippen MR) is 130 cm³/mol. The lowest BCUT2D eigenvalue weighted by Gasteiger charge is -2.13. The fraction of sp³-hybridized carbons (Fsp3) is 0.0357. The minimum absolute atomic E-state index is 0.139. The Kier molecular flexibility index (Phi) is 5.34. The average molecular weight is 509 g/mol. The van der Waals surface area contributed by atoms with E-state index in [0.29, 0.717) is 40.8 Å². The van der Waals surface area contributed by atoms with Gasteiger partial charge in [-0.2, -0.15) is 4.74 Å². The molecular formula is C28H15NO9. The first-order chi connectivity index (χ1) is 18.4. The van der Waals surface area contributed by atoms with Gasteiger partial charge in [-0.25, -0.2) is 19.2 Å². The topological polar surface area (TPSA) is 131 Å². The second-order valence-electron chi connectivity index (χ2n) is 8.40. The number of fused-ring (bicyclic) bond motifs is 2. The van der Waals surface area contributed by atoms with Crippen molar-refractivity contribution in [2.45, 2.75) is 6.42 Å². The number of cyclic esters (lactones) is 4. The van der Waals surface area contributed by atoms with Crippen molar-refractivity contribution in [2.24, 2.45) is 0 Å². The molecule has 2 heterocycles. The van der Waals surface area contributed by atoms with Gasteiger partial charge in [0.05, 0.1) is 28.7 Å². The van der Waals surface area contributed by atoms with Crippen molar-refractivity contribution in [1.29, 1.82) is 0 Å². The molecule has 186 valence electrons. The fourth-order valence-electron chi connectivity index (χ4n) is 4.09. The van der Waals surface area contributed by atoms with Crippen LogP contribution >= 0.6 is 0 Å². The zero-order valence-electron chi connectivity index (χ0n) is 19.3. The summed E-state index contributed by atoms with van der Waals surface area (Å²) in [6.45, 7) is 0. The lowest BCUT2D eigenvalue weighted by atomic mass is 10.1. The maximum absolute atomic E-state index is 12.9. The number of esters is 4. The molecule has 0 unspecified atom stereocenters.